The maximum absolute atomic E-state index is 12.3. The third kappa shape index (κ3) is 2.91. The first kappa shape index (κ1) is 12.2. The lowest BCUT2D eigenvalue weighted by Gasteiger charge is -2.21. The summed E-state index contributed by atoms with van der Waals surface area (Å²) in [6, 6.07) is 5.05. The number of hydrogen-bond donors (Lipinski definition) is 1. The third-order valence-electron chi connectivity index (χ3n) is 3.14. The number of halogens is 1. The van der Waals surface area contributed by atoms with Gasteiger partial charge in [-0.3, -0.25) is 4.79 Å². The lowest BCUT2D eigenvalue weighted by atomic mass is 10.1. The van der Waals surface area contributed by atoms with E-state index in [-0.39, 0.29) is 5.91 Å². The molecule has 1 aliphatic heterocycles. The van der Waals surface area contributed by atoms with Gasteiger partial charge in [-0.1, -0.05) is 24.4 Å². The summed E-state index contributed by atoms with van der Waals surface area (Å²) in [6.45, 7) is 1.65. The molecule has 1 aromatic carbocycles. The van der Waals surface area contributed by atoms with Crippen LogP contribution in [-0.4, -0.2) is 23.9 Å². The number of hydrogen-bond acceptors (Lipinski definition) is 2. The van der Waals surface area contributed by atoms with Gasteiger partial charge in [0.2, 0.25) is 0 Å². The number of amides is 1. The Bertz CT molecular complexity index is 412. The molecule has 0 spiro atoms. The van der Waals surface area contributed by atoms with Crippen LogP contribution in [0.4, 0.5) is 5.69 Å². The summed E-state index contributed by atoms with van der Waals surface area (Å²) in [5.41, 5.74) is 6.86. The van der Waals surface area contributed by atoms with Crippen LogP contribution >= 0.6 is 11.6 Å². The van der Waals surface area contributed by atoms with Crippen LogP contribution < -0.4 is 5.73 Å². The molecule has 4 heteroatoms. The van der Waals surface area contributed by atoms with Crippen molar-refractivity contribution in [3.63, 3.8) is 0 Å². The Morgan fingerprint density at radius 3 is 2.47 bits per heavy atom. The summed E-state index contributed by atoms with van der Waals surface area (Å²) in [5.74, 6) is 0.00639. The fraction of sp³-hybridized carbons (Fsp3) is 0.462. The molecule has 0 aliphatic carbocycles. The van der Waals surface area contributed by atoms with Gasteiger partial charge in [0, 0.05) is 23.8 Å². The zero-order valence-corrected chi connectivity index (χ0v) is 10.5. The molecular formula is C13H17ClN2O. The zero-order chi connectivity index (χ0) is 12.3. The highest BCUT2D eigenvalue weighted by molar-refractivity contribution is 6.31. The molecule has 1 aliphatic rings. The van der Waals surface area contributed by atoms with Crippen molar-refractivity contribution in [3.8, 4) is 0 Å². The van der Waals surface area contributed by atoms with Gasteiger partial charge in [0.05, 0.1) is 5.56 Å². The minimum absolute atomic E-state index is 0.00639. The smallest absolute Gasteiger partial charge is 0.255 e. The Morgan fingerprint density at radius 1 is 1.18 bits per heavy atom. The number of nitrogens with zero attached hydrogens (tertiary/aromatic N) is 1. The number of carbonyl (C=O) groups excluding carboxylic acids is 1. The van der Waals surface area contributed by atoms with E-state index in [0.717, 1.165) is 25.9 Å². The Labute approximate surface area is 107 Å². The molecule has 0 atom stereocenters. The maximum atomic E-state index is 12.3. The van der Waals surface area contributed by atoms with Crippen molar-refractivity contribution in [3.05, 3.63) is 28.8 Å². The first-order valence-corrected chi connectivity index (χ1v) is 6.40. The van der Waals surface area contributed by atoms with Crippen molar-refractivity contribution in [2.45, 2.75) is 25.7 Å². The van der Waals surface area contributed by atoms with Crippen molar-refractivity contribution in [1.82, 2.24) is 4.90 Å². The van der Waals surface area contributed by atoms with Crippen LogP contribution in [0.3, 0.4) is 0 Å². The summed E-state index contributed by atoms with van der Waals surface area (Å²) in [6.07, 6.45) is 4.56. The largest absolute Gasteiger partial charge is 0.398 e. The monoisotopic (exact) mass is 252 g/mol. The number of nitrogens with two attached hydrogens (primary N) is 1. The van der Waals surface area contributed by atoms with Crippen LogP contribution in [0.2, 0.25) is 5.02 Å². The van der Waals surface area contributed by atoms with E-state index in [1.54, 1.807) is 18.2 Å². The van der Waals surface area contributed by atoms with Gasteiger partial charge in [0.15, 0.2) is 0 Å². The molecule has 0 saturated carbocycles. The number of nitrogen functional groups attached to an aromatic ring is 1. The standard InChI is InChI=1S/C13H17ClN2O/c14-10-5-6-12(15)11(9-10)13(17)16-7-3-1-2-4-8-16/h5-6,9H,1-4,7-8,15H2. The van der Waals surface area contributed by atoms with Gasteiger partial charge >= 0.3 is 0 Å². The highest BCUT2D eigenvalue weighted by Gasteiger charge is 2.19. The van der Waals surface area contributed by atoms with Gasteiger partial charge in [0.25, 0.3) is 5.91 Å². The molecule has 1 saturated heterocycles. The topological polar surface area (TPSA) is 46.3 Å². The van der Waals surface area contributed by atoms with E-state index in [1.807, 2.05) is 4.90 Å². The molecule has 1 amide bonds. The van der Waals surface area contributed by atoms with E-state index in [0.29, 0.717) is 16.3 Å². The van der Waals surface area contributed by atoms with Gasteiger partial charge < -0.3 is 10.6 Å². The summed E-state index contributed by atoms with van der Waals surface area (Å²) in [5, 5.41) is 0.553. The second-order valence-electron chi connectivity index (χ2n) is 4.44. The average Bonchev–Trinajstić information content (AvgIpc) is 2.60. The first-order chi connectivity index (χ1) is 8.18. The Balaban J connectivity index is 2.20. The molecule has 0 aromatic heterocycles. The SMILES string of the molecule is Nc1ccc(Cl)cc1C(=O)N1CCCCCC1. The van der Waals surface area contributed by atoms with E-state index < -0.39 is 0 Å². The molecule has 0 radical (unpaired) electrons. The van der Waals surface area contributed by atoms with Crippen LogP contribution in [0.15, 0.2) is 18.2 Å². The van der Waals surface area contributed by atoms with Crippen LogP contribution in [0.25, 0.3) is 0 Å². The molecule has 2 rings (SSSR count). The van der Waals surface area contributed by atoms with Crippen molar-refractivity contribution < 1.29 is 4.79 Å². The number of rotatable bonds is 1. The van der Waals surface area contributed by atoms with Crippen molar-refractivity contribution in [2.24, 2.45) is 0 Å². The number of benzene rings is 1. The van der Waals surface area contributed by atoms with Crippen LogP contribution in [0, 0.1) is 0 Å². The first-order valence-electron chi connectivity index (χ1n) is 6.03. The Hall–Kier alpha value is -1.22. The quantitative estimate of drug-likeness (QED) is 0.781. The maximum Gasteiger partial charge on any atom is 0.255 e. The van der Waals surface area contributed by atoms with Gasteiger partial charge in [-0.05, 0) is 31.0 Å². The minimum atomic E-state index is 0.00639. The second kappa shape index (κ2) is 5.41. The summed E-state index contributed by atoms with van der Waals surface area (Å²) in [7, 11) is 0. The van der Waals surface area contributed by atoms with Crippen molar-refractivity contribution >= 4 is 23.2 Å². The van der Waals surface area contributed by atoms with E-state index in [1.165, 1.54) is 12.8 Å². The summed E-state index contributed by atoms with van der Waals surface area (Å²) in [4.78, 5) is 14.2. The number of anilines is 1. The molecule has 0 unspecified atom stereocenters. The lowest BCUT2D eigenvalue weighted by molar-refractivity contribution is 0.0762. The van der Waals surface area contributed by atoms with E-state index in [9.17, 15) is 4.79 Å². The van der Waals surface area contributed by atoms with E-state index in [4.69, 9.17) is 17.3 Å². The summed E-state index contributed by atoms with van der Waals surface area (Å²) < 4.78 is 0. The summed E-state index contributed by atoms with van der Waals surface area (Å²) >= 11 is 5.91. The molecule has 1 aromatic rings. The molecule has 1 fully saturated rings. The predicted molar refractivity (Wildman–Crippen MR) is 70.2 cm³/mol. The van der Waals surface area contributed by atoms with Gasteiger partial charge in [-0.25, -0.2) is 0 Å². The van der Waals surface area contributed by atoms with Crippen LogP contribution in [0.5, 0.6) is 0 Å². The zero-order valence-electron chi connectivity index (χ0n) is 9.79. The predicted octanol–water partition coefficient (Wildman–Crippen LogP) is 2.94. The minimum Gasteiger partial charge on any atom is -0.398 e. The molecule has 0 bridgehead atoms. The van der Waals surface area contributed by atoms with Gasteiger partial charge in [-0.2, -0.15) is 0 Å². The van der Waals surface area contributed by atoms with Crippen molar-refractivity contribution in [2.75, 3.05) is 18.8 Å². The highest BCUT2D eigenvalue weighted by atomic mass is 35.5. The molecular weight excluding hydrogens is 236 g/mol. The fourth-order valence-electron chi connectivity index (χ4n) is 2.16. The molecule has 1 heterocycles. The van der Waals surface area contributed by atoms with Crippen molar-refractivity contribution in [1.29, 1.82) is 0 Å². The van der Waals surface area contributed by atoms with E-state index >= 15 is 0 Å². The lowest BCUT2D eigenvalue weighted by Crippen LogP contribution is -2.32. The molecule has 3 nitrogen and oxygen atoms in total. The molecule has 92 valence electrons. The third-order valence-corrected chi connectivity index (χ3v) is 3.37. The molecule has 17 heavy (non-hydrogen) atoms. The fourth-order valence-corrected chi connectivity index (χ4v) is 2.33. The second-order valence-corrected chi connectivity index (χ2v) is 4.87. The highest BCUT2D eigenvalue weighted by Crippen LogP contribution is 2.21. The van der Waals surface area contributed by atoms with Crippen LogP contribution in [0.1, 0.15) is 36.0 Å². The normalized spacial score (nSPS) is 16.6. The van der Waals surface area contributed by atoms with E-state index in [2.05, 4.69) is 0 Å². The Morgan fingerprint density at radius 2 is 1.82 bits per heavy atom. The number of likely N-dealkylation sites (tertiary alicyclic amines) is 1. The van der Waals surface area contributed by atoms with Crippen LogP contribution in [-0.2, 0) is 0 Å². The molecule has 2 N–H and O–H groups in total. The van der Waals surface area contributed by atoms with Gasteiger partial charge in [0.1, 0.15) is 0 Å². The average molecular weight is 253 g/mol. The van der Waals surface area contributed by atoms with Gasteiger partial charge in [-0.15, -0.1) is 0 Å². The number of carbonyl (C=O) groups is 1. The Kier molecular flexibility index (Phi) is 3.89.